The molecule has 1 aromatic carbocycles. The van der Waals surface area contributed by atoms with E-state index in [-0.39, 0.29) is 5.67 Å². The quantitative estimate of drug-likeness (QED) is 0.136. The molecule has 1 atom stereocenters. The van der Waals surface area contributed by atoms with Gasteiger partial charge in [0.05, 0.1) is 20.3 Å². The minimum absolute atomic E-state index is 0.318. The van der Waals surface area contributed by atoms with Gasteiger partial charge in [-0.2, -0.15) is 0 Å². The highest BCUT2D eigenvalue weighted by molar-refractivity contribution is 6.62. The molecule has 0 saturated heterocycles. The number of carboxylic acids is 1. The van der Waals surface area contributed by atoms with Crippen molar-refractivity contribution in [2.75, 3.05) is 40.1 Å². The molecule has 0 aromatic heterocycles. The van der Waals surface area contributed by atoms with Crippen molar-refractivity contribution in [3.05, 3.63) is 29.8 Å². The van der Waals surface area contributed by atoms with Crippen molar-refractivity contribution in [2.45, 2.75) is 65.5 Å². The number of nitrogens with one attached hydrogen (secondary N) is 1. The maximum atomic E-state index is 12.4. The van der Waals surface area contributed by atoms with Gasteiger partial charge in [0.2, 0.25) is 0 Å². The molecule has 2 N–H and O–H groups in total. The van der Waals surface area contributed by atoms with E-state index in [4.69, 9.17) is 32.6 Å². The predicted molar refractivity (Wildman–Crippen MR) is 143 cm³/mol. The first-order valence-corrected chi connectivity index (χ1v) is 14.7. The Balaban J connectivity index is 2.35. The van der Waals surface area contributed by atoms with Crippen molar-refractivity contribution in [1.29, 1.82) is 0 Å². The lowest BCUT2D eigenvalue weighted by atomic mass is 10.1. The van der Waals surface area contributed by atoms with Crippen molar-refractivity contribution in [1.82, 2.24) is 5.32 Å². The molecule has 0 radical (unpaired) electrons. The molecule has 0 aliphatic rings. The maximum Gasteiger partial charge on any atom is 0.524 e. The molecule has 37 heavy (non-hydrogen) atoms. The summed E-state index contributed by atoms with van der Waals surface area (Å²) in [5.41, 5.74) is 0.283. The van der Waals surface area contributed by atoms with E-state index in [1.165, 1.54) is 13.2 Å². The van der Waals surface area contributed by atoms with Crippen LogP contribution in [0.3, 0.4) is 0 Å². The topological polar surface area (TPSA) is 122 Å². The number of hydrogen-bond acceptors (Lipinski definition) is 8. The number of unbranched alkanes of at least 4 members (excludes halogenated alkanes) is 3. The Hall–Kier alpha value is -2.60. The van der Waals surface area contributed by atoms with Gasteiger partial charge in [-0.25, -0.2) is 9.59 Å². The van der Waals surface area contributed by atoms with Gasteiger partial charge in [0.1, 0.15) is 17.2 Å². The van der Waals surface area contributed by atoms with Gasteiger partial charge in [-0.3, -0.25) is 0 Å². The zero-order chi connectivity index (χ0) is 27.5. The molecule has 1 amide bonds. The van der Waals surface area contributed by atoms with Crippen LogP contribution in [0.5, 0.6) is 11.5 Å². The summed E-state index contributed by atoms with van der Waals surface area (Å²) >= 11 is 0. The van der Waals surface area contributed by atoms with Crippen LogP contribution in [0.2, 0.25) is 0 Å². The van der Waals surface area contributed by atoms with Crippen LogP contribution in [0.15, 0.2) is 24.3 Å². The van der Waals surface area contributed by atoms with Crippen molar-refractivity contribution < 1.29 is 42.2 Å². The van der Waals surface area contributed by atoms with Crippen molar-refractivity contribution in [3.8, 4) is 11.5 Å². The first-order chi connectivity index (χ1) is 17.8. The summed E-state index contributed by atoms with van der Waals surface area (Å²) in [4.78, 5) is 23.1. The average Bonchev–Trinajstić information content (AvgIpc) is 2.88. The van der Waals surface area contributed by atoms with Crippen LogP contribution in [0, 0.1) is 0 Å². The minimum Gasteiger partial charge on any atom is -0.496 e. The van der Waals surface area contributed by atoms with Gasteiger partial charge in [-0.1, -0.05) is 6.92 Å². The molecule has 1 rings (SSSR count). The molecular formula is C26H43NO9Si. The summed E-state index contributed by atoms with van der Waals surface area (Å²) in [5, 5.41) is 11.7. The van der Waals surface area contributed by atoms with E-state index in [1.807, 2.05) is 27.7 Å². The largest absolute Gasteiger partial charge is 0.524 e. The Labute approximate surface area is 221 Å². The predicted octanol–water partition coefficient (Wildman–Crippen LogP) is 4.82. The smallest absolute Gasteiger partial charge is 0.496 e. The number of alkyl carbamates (subject to hydrolysis) is 1. The van der Waals surface area contributed by atoms with Crippen LogP contribution in [0.4, 0.5) is 4.79 Å². The zero-order valence-electron chi connectivity index (χ0n) is 22.7. The summed E-state index contributed by atoms with van der Waals surface area (Å²) in [6.07, 6.45) is 6.05. The molecule has 0 aliphatic carbocycles. The Kier molecular flexibility index (Phi) is 16.3. The second kappa shape index (κ2) is 18.6. The van der Waals surface area contributed by atoms with Crippen LogP contribution in [0.1, 0.15) is 65.4 Å². The number of carboxylic acid groups (broad SMARTS) is 1. The second-order valence-corrected chi connectivity index (χ2v) is 10.8. The van der Waals surface area contributed by atoms with E-state index in [0.717, 1.165) is 31.8 Å². The van der Waals surface area contributed by atoms with Gasteiger partial charge in [-0.05, 0) is 71.1 Å². The SMILES string of the molecule is CCO[Si](OCC)(OCC)C(CC)NC(=O)OCCCCCCOc1ccc(/C=C/C(=O)O)c(OC)c1. The van der Waals surface area contributed by atoms with E-state index < -0.39 is 20.9 Å². The van der Waals surface area contributed by atoms with Crippen molar-refractivity contribution >= 4 is 26.9 Å². The molecule has 0 saturated carbocycles. The zero-order valence-corrected chi connectivity index (χ0v) is 23.7. The van der Waals surface area contributed by atoms with Crippen molar-refractivity contribution in [3.63, 3.8) is 0 Å². The number of amides is 1. The fraction of sp³-hybridized carbons (Fsp3) is 0.615. The van der Waals surface area contributed by atoms with Gasteiger partial charge in [0, 0.05) is 37.5 Å². The number of aliphatic carboxylic acids is 1. The lowest BCUT2D eigenvalue weighted by Gasteiger charge is -2.34. The van der Waals surface area contributed by atoms with Crippen LogP contribution >= 0.6 is 0 Å². The Morgan fingerprint density at radius 2 is 1.59 bits per heavy atom. The average molecular weight is 542 g/mol. The molecule has 11 heteroatoms. The molecule has 0 spiro atoms. The third kappa shape index (κ3) is 12.0. The third-order valence-electron chi connectivity index (χ3n) is 5.31. The summed E-state index contributed by atoms with van der Waals surface area (Å²) in [6, 6.07) is 5.26. The molecule has 0 bridgehead atoms. The number of methoxy groups -OCH3 is 1. The molecule has 1 aromatic rings. The van der Waals surface area contributed by atoms with E-state index in [0.29, 0.717) is 56.5 Å². The number of carbonyl (C=O) groups is 2. The first-order valence-electron chi connectivity index (χ1n) is 12.9. The molecule has 210 valence electrons. The van der Waals surface area contributed by atoms with Gasteiger partial charge < -0.3 is 37.9 Å². The Bertz CT molecular complexity index is 817. The van der Waals surface area contributed by atoms with Gasteiger partial charge in [0.15, 0.2) is 0 Å². The normalized spacial score (nSPS) is 12.4. The Morgan fingerprint density at radius 1 is 0.973 bits per heavy atom. The van der Waals surface area contributed by atoms with E-state index in [9.17, 15) is 9.59 Å². The van der Waals surface area contributed by atoms with E-state index in [1.54, 1.807) is 18.2 Å². The maximum absolute atomic E-state index is 12.4. The first kappa shape index (κ1) is 32.4. The number of carbonyl (C=O) groups excluding carboxylic acids is 1. The Morgan fingerprint density at radius 3 is 2.14 bits per heavy atom. The number of rotatable bonds is 20. The van der Waals surface area contributed by atoms with E-state index in [2.05, 4.69) is 5.32 Å². The van der Waals surface area contributed by atoms with E-state index >= 15 is 0 Å². The molecule has 10 nitrogen and oxygen atoms in total. The highest BCUT2D eigenvalue weighted by Gasteiger charge is 2.49. The lowest BCUT2D eigenvalue weighted by Crippen LogP contribution is -2.62. The van der Waals surface area contributed by atoms with Gasteiger partial charge in [-0.15, -0.1) is 0 Å². The van der Waals surface area contributed by atoms with Gasteiger partial charge in [0.25, 0.3) is 0 Å². The highest BCUT2D eigenvalue weighted by atomic mass is 28.4. The number of hydrogen-bond donors (Lipinski definition) is 2. The molecule has 0 aliphatic heterocycles. The number of benzene rings is 1. The summed E-state index contributed by atoms with van der Waals surface area (Å²) in [7, 11) is -1.54. The third-order valence-corrected chi connectivity index (χ3v) is 8.79. The minimum atomic E-state index is -3.06. The highest BCUT2D eigenvalue weighted by Crippen LogP contribution is 2.26. The fourth-order valence-corrected chi connectivity index (χ4v) is 6.50. The van der Waals surface area contributed by atoms with Crippen LogP contribution < -0.4 is 14.8 Å². The van der Waals surface area contributed by atoms with Crippen LogP contribution in [-0.4, -0.2) is 71.8 Å². The lowest BCUT2D eigenvalue weighted by molar-refractivity contribution is -0.131. The molecule has 1 unspecified atom stereocenters. The van der Waals surface area contributed by atoms with Crippen LogP contribution in [-0.2, 0) is 22.8 Å². The summed E-state index contributed by atoms with van der Waals surface area (Å²) in [6.45, 7) is 9.75. The fourth-order valence-electron chi connectivity index (χ4n) is 3.65. The van der Waals surface area contributed by atoms with Gasteiger partial charge >= 0.3 is 20.9 Å². The number of ether oxygens (including phenoxy) is 3. The summed E-state index contributed by atoms with van der Waals surface area (Å²) < 4.78 is 34.1. The van der Waals surface area contributed by atoms with Crippen LogP contribution in [0.25, 0.3) is 6.08 Å². The standard InChI is InChI=1S/C26H43NO9Si/c1-6-24(37(34-7-2,35-8-3)36-9-4)27-26(30)33-19-13-11-10-12-18-32-22-16-14-21(15-17-25(28)29)23(20-22)31-5/h14-17,20,24H,6-13,18-19H2,1-5H3,(H,27,30)(H,28,29)/b17-15+. The molecular weight excluding hydrogens is 498 g/mol. The molecule has 0 heterocycles. The van der Waals surface area contributed by atoms with Crippen molar-refractivity contribution in [2.24, 2.45) is 0 Å². The molecule has 0 fully saturated rings. The monoisotopic (exact) mass is 541 g/mol. The second-order valence-electron chi connectivity index (χ2n) is 7.98. The summed E-state index contributed by atoms with van der Waals surface area (Å²) in [5.74, 6) is 0.173.